The van der Waals surface area contributed by atoms with Crippen LogP contribution in [-0.4, -0.2) is 26.2 Å². The molecule has 2 N–H and O–H groups in total. The van der Waals surface area contributed by atoms with E-state index in [-0.39, 0.29) is 24.0 Å². The highest BCUT2D eigenvalue weighted by molar-refractivity contribution is 14.0. The Morgan fingerprint density at radius 1 is 1.27 bits per heavy atom. The summed E-state index contributed by atoms with van der Waals surface area (Å²) in [5.41, 5.74) is 2.37. The molecule has 0 saturated carbocycles. The Morgan fingerprint density at radius 3 is 2.59 bits per heavy atom. The molecule has 0 aliphatic carbocycles. The fraction of sp³-hybridized carbons (Fsp3) is 0.588. The molecule has 126 valence electrons. The first-order chi connectivity index (χ1) is 10.1. The van der Waals surface area contributed by atoms with Crippen molar-refractivity contribution in [3.63, 3.8) is 0 Å². The van der Waals surface area contributed by atoms with E-state index in [1.807, 2.05) is 0 Å². The highest BCUT2D eigenvalue weighted by Crippen LogP contribution is 2.21. The van der Waals surface area contributed by atoms with Crippen LogP contribution in [0.4, 0.5) is 0 Å². The third-order valence-electron chi connectivity index (χ3n) is 3.19. The minimum absolute atomic E-state index is 0. The predicted octanol–water partition coefficient (Wildman–Crippen LogP) is 3.72. The van der Waals surface area contributed by atoms with Gasteiger partial charge in [0.05, 0.1) is 6.61 Å². The number of aliphatic imine (C=N–C) groups is 1. The van der Waals surface area contributed by atoms with Gasteiger partial charge in [0.15, 0.2) is 5.96 Å². The third kappa shape index (κ3) is 7.87. The summed E-state index contributed by atoms with van der Waals surface area (Å²) in [7, 11) is 1.78. The summed E-state index contributed by atoms with van der Waals surface area (Å²) in [4.78, 5) is 4.18. The molecule has 4 nitrogen and oxygen atoms in total. The summed E-state index contributed by atoms with van der Waals surface area (Å²) in [5, 5.41) is 6.49. The smallest absolute Gasteiger partial charge is 0.191 e. The minimum atomic E-state index is 0. The molecule has 0 radical (unpaired) electrons. The number of hydrogen-bond donors (Lipinski definition) is 2. The molecule has 0 saturated heterocycles. The van der Waals surface area contributed by atoms with E-state index in [0.717, 1.165) is 36.8 Å². The zero-order chi connectivity index (χ0) is 15.7. The van der Waals surface area contributed by atoms with Crippen molar-refractivity contribution < 1.29 is 4.74 Å². The molecule has 0 spiro atoms. The van der Waals surface area contributed by atoms with Gasteiger partial charge < -0.3 is 15.4 Å². The maximum atomic E-state index is 5.95. The van der Waals surface area contributed by atoms with E-state index < -0.39 is 0 Å². The van der Waals surface area contributed by atoms with Crippen LogP contribution in [0.25, 0.3) is 0 Å². The summed E-state index contributed by atoms with van der Waals surface area (Å²) in [6.07, 6.45) is 1.07. The van der Waals surface area contributed by atoms with Gasteiger partial charge in [-0.25, -0.2) is 0 Å². The highest BCUT2D eigenvalue weighted by atomic mass is 127. The molecule has 0 aliphatic rings. The third-order valence-corrected chi connectivity index (χ3v) is 3.19. The van der Waals surface area contributed by atoms with Crippen LogP contribution in [0.1, 0.15) is 38.3 Å². The van der Waals surface area contributed by atoms with Gasteiger partial charge >= 0.3 is 0 Å². The van der Waals surface area contributed by atoms with E-state index >= 15 is 0 Å². The lowest BCUT2D eigenvalue weighted by Gasteiger charge is -2.15. The van der Waals surface area contributed by atoms with Gasteiger partial charge in [-0.3, -0.25) is 4.99 Å². The van der Waals surface area contributed by atoms with Gasteiger partial charge in [0.2, 0.25) is 0 Å². The van der Waals surface area contributed by atoms with Crippen LogP contribution in [0.5, 0.6) is 5.75 Å². The Kier molecular flexibility index (Phi) is 11.1. The summed E-state index contributed by atoms with van der Waals surface area (Å²) in [6, 6.07) is 6.34. The van der Waals surface area contributed by atoms with Crippen molar-refractivity contribution in [1.82, 2.24) is 10.6 Å². The average Bonchev–Trinajstić information content (AvgIpc) is 2.44. The molecular formula is C17H30IN3O. The summed E-state index contributed by atoms with van der Waals surface area (Å²) < 4.78 is 5.95. The predicted molar refractivity (Wildman–Crippen MR) is 105 cm³/mol. The Hall–Kier alpha value is -0.980. The molecule has 0 amide bonds. The number of guanidine groups is 1. The number of ether oxygens (including phenoxy) is 1. The minimum Gasteiger partial charge on any atom is -0.493 e. The second kappa shape index (κ2) is 11.6. The fourth-order valence-electron chi connectivity index (χ4n) is 1.91. The Labute approximate surface area is 152 Å². The zero-order valence-electron chi connectivity index (χ0n) is 14.4. The van der Waals surface area contributed by atoms with Gasteiger partial charge in [0.1, 0.15) is 5.75 Å². The van der Waals surface area contributed by atoms with Gasteiger partial charge in [0.25, 0.3) is 0 Å². The van der Waals surface area contributed by atoms with Gasteiger partial charge in [-0.1, -0.05) is 26.0 Å². The molecule has 22 heavy (non-hydrogen) atoms. The average molecular weight is 419 g/mol. The maximum absolute atomic E-state index is 5.95. The van der Waals surface area contributed by atoms with Gasteiger partial charge in [-0.05, 0) is 37.8 Å². The summed E-state index contributed by atoms with van der Waals surface area (Å²) >= 11 is 0. The van der Waals surface area contributed by atoms with Crippen LogP contribution >= 0.6 is 24.0 Å². The summed E-state index contributed by atoms with van der Waals surface area (Å²) in [5.74, 6) is 2.44. The molecule has 0 fully saturated rings. The van der Waals surface area contributed by atoms with Crippen LogP contribution in [0.2, 0.25) is 0 Å². The number of nitrogens with one attached hydrogen (secondary N) is 2. The van der Waals surface area contributed by atoms with Crippen molar-refractivity contribution in [3.8, 4) is 5.75 Å². The van der Waals surface area contributed by atoms with Crippen molar-refractivity contribution in [2.24, 2.45) is 10.9 Å². The number of benzene rings is 1. The Bertz CT molecular complexity index is 461. The van der Waals surface area contributed by atoms with E-state index in [1.165, 1.54) is 5.56 Å². The molecule has 1 aromatic carbocycles. The number of hydrogen-bond acceptors (Lipinski definition) is 2. The normalized spacial score (nSPS) is 11.1. The zero-order valence-corrected chi connectivity index (χ0v) is 16.7. The van der Waals surface area contributed by atoms with Gasteiger partial charge in [0, 0.05) is 25.7 Å². The molecule has 5 heteroatoms. The standard InChI is InChI=1S/C17H29N3O.HI/c1-6-19-17(18-5)20-12-15-8-7-14(4)11-16(15)21-10-9-13(2)3;/h7-8,11,13H,6,9-10,12H2,1-5H3,(H2,18,19,20);1H. The number of rotatable bonds is 7. The van der Waals surface area contributed by atoms with Crippen LogP contribution in [0.3, 0.4) is 0 Å². The SMILES string of the molecule is CCNC(=NC)NCc1ccc(C)cc1OCCC(C)C.I. The Balaban J connectivity index is 0.00000441. The van der Waals surface area contributed by atoms with E-state index in [2.05, 4.69) is 61.5 Å². The van der Waals surface area contributed by atoms with Crippen LogP contribution in [0, 0.1) is 12.8 Å². The van der Waals surface area contributed by atoms with Gasteiger partial charge in [-0.2, -0.15) is 0 Å². The fourth-order valence-corrected chi connectivity index (χ4v) is 1.91. The van der Waals surface area contributed by atoms with Crippen LogP contribution in [0.15, 0.2) is 23.2 Å². The van der Waals surface area contributed by atoms with Crippen molar-refractivity contribution >= 4 is 29.9 Å². The monoisotopic (exact) mass is 419 g/mol. The number of nitrogens with zero attached hydrogens (tertiary/aromatic N) is 1. The van der Waals surface area contributed by atoms with Crippen LogP contribution < -0.4 is 15.4 Å². The molecule has 0 bridgehead atoms. The molecule has 0 unspecified atom stereocenters. The lowest BCUT2D eigenvalue weighted by molar-refractivity contribution is 0.286. The topological polar surface area (TPSA) is 45.7 Å². The highest BCUT2D eigenvalue weighted by Gasteiger charge is 2.06. The molecule has 0 atom stereocenters. The van der Waals surface area contributed by atoms with Crippen molar-refractivity contribution in [3.05, 3.63) is 29.3 Å². The van der Waals surface area contributed by atoms with Crippen molar-refractivity contribution in [2.45, 2.75) is 40.7 Å². The lowest BCUT2D eigenvalue weighted by Crippen LogP contribution is -2.36. The van der Waals surface area contributed by atoms with Crippen LogP contribution in [-0.2, 0) is 6.54 Å². The maximum Gasteiger partial charge on any atom is 0.191 e. The van der Waals surface area contributed by atoms with E-state index in [4.69, 9.17) is 4.74 Å². The first kappa shape index (κ1) is 21.0. The van der Waals surface area contributed by atoms with E-state index in [1.54, 1.807) is 7.05 Å². The molecule has 1 rings (SSSR count). The first-order valence-corrected chi connectivity index (χ1v) is 7.73. The van der Waals surface area contributed by atoms with Gasteiger partial charge in [-0.15, -0.1) is 24.0 Å². The number of aryl methyl sites for hydroxylation is 1. The van der Waals surface area contributed by atoms with E-state index in [9.17, 15) is 0 Å². The number of halogens is 1. The second-order valence-electron chi connectivity index (χ2n) is 5.60. The molecular weight excluding hydrogens is 389 g/mol. The Morgan fingerprint density at radius 2 is 2.00 bits per heavy atom. The first-order valence-electron chi connectivity index (χ1n) is 7.73. The molecule has 1 aromatic rings. The second-order valence-corrected chi connectivity index (χ2v) is 5.60. The lowest BCUT2D eigenvalue weighted by atomic mass is 10.1. The molecule has 0 heterocycles. The summed E-state index contributed by atoms with van der Waals surface area (Å²) in [6.45, 7) is 10.9. The molecule has 0 aromatic heterocycles. The largest absolute Gasteiger partial charge is 0.493 e. The van der Waals surface area contributed by atoms with Crippen molar-refractivity contribution in [1.29, 1.82) is 0 Å². The van der Waals surface area contributed by atoms with Crippen molar-refractivity contribution in [2.75, 3.05) is 20.2 Å². The van der Waals surface area contributed by atoms with E-state index in [0.29, 0.717) is 12.5 Å². The molecule has 0 aliphatic heterocycles. The quantitative estimate of drug-likeness (QED) is 0.402.